The van der Waals surface area contributed by atoms with Gasteiger partial charge < -0.3 is 5.11 Å². The van der Waals surface area contributed by atoms with Gasteiger partial charge in [0.2, 0.25) is 0 Å². The fourth-order valence-electron chi connectivity index (χ4n) is 3.23. The van der Waals surface area contributed by atoms with Gasteiger partial charge in [-0.3, -0.25) is 4.57 Å². The molecule has 0 fully saturated rings. The Morgan fingerprint density at radius 1 is 0.958 bits per heavy atom. The first kappa shape index (κ1) is 15.4. The zero-order valence-electron chi connectivity index (χ0n) is 13.5. The average Bonchev–Trinajstić information content (AvgIpc) is 2.88. The molecule has 0 aliphatic rings. The van der Waals surface area contributed by atoms with Crippen LogP contribution in [-0.2, 0) is 5.60 Å². The summed E-state index contributed by atoms with van der Waals surface area (Å²) in [5.74, 6) is 0.763. The van der Waals surface area contributed by atoms with Crippen molar-refractivity contribution in [1.82, 2.24) is 9.55 Å². The topological polar surface area (TPSA) is 38.1 Å². The minimum absolute atomic E-state index is 0.763. The van der Waals surface area contributed by atoms with Crippen LogP contribution in [0, 0.1) is 0 Å². The van der Waals surface area contributed by atoms with Crippen molar-refractivity contribution in [3.63, 3.8) is 0 Å². The maximum Gasteiger partial charge on any atom is 0.143 e. The fraction of sp³-hybridized carbons (Fsp3) is 0.150. The van der Waals surface area contributed by atoms with Crippen molar-refractivity contribution < 1.29 is 5.11 Å². The largest absolute Gasteiger partial charge is 0.386 e. The molecule has 4 aromatic rings. The molecule has 0 radical (unpaired) electrons. The quantitative estimate of drug-likeness (QED) is 0.520. The van der Waals surface area contributed by atoms with Crippen molar-refractivity contribution in [3.8, 4) is 5.82 Å². The molecule has 0 aliphatic carbocycles. The number of nitrogens with zero attached hydrogens (tertiary/aromatic N) is 2. The van der Waals surface area contributed by atoms with E-state index in [-0.39, 0.29) is 0 Å². The summed E-state index contributed by atoms with van der Waals surface area (Å²) in [6, 6.07) is 18.3. The number of hydrogen-bond acceptors (Lipinski definition) is 2. The van der Waals surface area contributed by atoms with Crippen LogP contribution in [-0.4, -0.2) is 14.7 Å². The van der Waals surface area contributed by atoms with Crippen LogP contribution in [0.5, 0.6) is 0 Å². The second kappa shape index (κ2) is 5.43. The number of para-hydroxylation sites is 1. The summed E-state index contributed by atoms with van der Waals surface area (Å²) in [6.07, 6.45) is 1.77. The lowest BCUT2D eigenvalue weighted by atomic mass is 9.99. The molecule has 0 bridgehead atoms. The molecule has 2 aromatic carbocycles. The van der Waals surface area contributed by atoms with E-state index in [9.17, 15) is 5.11 Å². The normalized spacial score (nSPS) is 12.2. The van der Waals surface area contributed by atoms with Gasteiger partial charge in [-0.2, -0.15) is 0 Å². The van der Waals surface area contributed by atoms with E-state index in [4.69, 9.17) is 0 Å². The fourth-order valence-corrected chi connectivity index (χ4v) is 3.59. The monoisotopic (exact) mass is 380 g/mol. The second-order valence-electron chi connectivity index (χ2n) is 6.45. The lowest BCUT2D eigenvalue weighted by molar-refractivity contribution is 0.0782. The van der Waals surface area contributed by atoms with Crippen molar-refractivity contribution in [2.45, 2.75) is 19.4 Å². The van der Waals surface area contributed by atoms with Gasteiger partial charge in [-0.05, 0) is 44.2 Å². The third kappa shape index (κ3) is 2.34. The van der Waals surface area contributed by atoms with Gasteiger partial charge in [-0.15, -0.1) is 0 Å². The van der Waals surface area contributed by atoms with Crippen LogP contribution in [0.15, 0.2) is 65.3 Å². The van der Waals surface area contributed by atoms with Gasteiger partial charge in [0.25, 0.3) is 0 Å². The minimum Gasteiger partial charge on any atom is -0.386 e. The van der Waals surface area contributed by atoms with Crippen LogP contribution in [0.1, 0.15) is 19.4 Å². The third-order valence-corrected chi connectivity index (χ3v) is 4.79. The first-order valence-electron chi connectivity index (χ1n) is 7.84. The molecular weight excluding hydrogens is 364 g/mol. The predicted molar refractivity (Wildman–Crippen MR) is 102 cm³/mol. The Bertz CT molecular complexity index is 1060. The molecule has 24 heavy (non-hydrogen) atoms. The van der Waals surface area contributed by atoms with Crippen LogP contribution in [0.25, 0.3) is 27.6 Å². The summed E-state index contributed by atoms with van der Waals surface area (Å²) >= 11 is 3.57. The molecule has 0 saturated heterocycles. The highest BCUT2D eigenvalue weighted by Crippen LogP contribution is 2.35. The van der Waals surface area contributed by atoms with Crippen LogP contribution in [0.4, 0.5) is 0 Å². The number of halogens is 1. The molecule has 120 valence electrons. The molecule has 4 heteroatoms. The lowest BCUT2D eigenvalue weighted by Gasteiger charge is -2.21. The standard InChI is InChI=1S/C20H17BrN2O/c1-20(2,24)16-7-5-11-22-19(16)23-17-8-4-3-6-14(17)15-12-13(21)9-10-18(15)23/h3-12,24H,1-2H3. The van der Waals surface area contributed by atoms with Crippen molar-refractivity contribution in [2.24, 2.45) is 0 Å². The first-order valence-corrected chi connectivity index (χ1v) is 8.63. The number of fused-ring (bicyclic) bond motifs is 3. The molecule has 1 N–H and O–H groups in total. The molecule has 4 rings (SSSR count). The van der Waals surface area contributed by atoms with Gasteiger partial charge in [0.05, 0.1) is 16.6 Å². The Hall–Kier alpha value is -2.17. The Kier molecular flexibility index (Phi) is 3.48. The van der Waals surface area contributed by atoms with Crippen molar-refractivity contribution in [1.29, 1.82) is 0 Å². The van der Waals surface area contributed by atoms with Gasteiger partial charge in [-0.25, -0.2) is 4.98 Å². The molecule has 0 saturated carbocycles. The Balaban J connectivity index is 2.18. The van der Waals surface area contributed by atoms with Gasteiger partial charge in [0, 0.05) is 27.0 Å². The molecular formula is C20H17BrN2O. The molecule has 0 atom stereocenters. The number of aromatic nitrogens is 2. The number of hydrogen-bond donors (Lipinski definition) is 1. The number of rotatable bonds is 2. The maximum atomic E-state index is 10.6. The van der Waals surface area contributed by atoms with Crippen LogP contribution in [0.3, 0.4) is 0 Å². The highest BCUT2D eigenvalue weighted by molar-refractivity contribution is 9.10. The van der Waals surface area contributed by atoms with Crippen molar-refractivity contribution in [3.05, 3.63) is 70.8 Å². The minimum atomic E-state index is -0.976. The lowest BCUT2D eigenvalue weighted by Crippen LogP contribution is -2.19. The SMILES string of the molecule is CC(C)(O)c1cccnc1-n1c2ccccc2c2cc(Br)ccc21. The molecule has 2 aromatic heterocycles. The summed E-state index contributed by atoms with van der Waals surface area (Å²) in [6.45, 7) is 3.58. The molecule has 3 nitrogen and oxygen atoms in total. The molecule has 0 spiro atoms. The Labute approximate surface area is 148 Å². The van der Waals surface area contributed by atoms with Crippen LogP contribution < -0.4 is 0 Å². The van der Waals surface area contributed by atoms with Gasteiger partial charge in [-0.1, -0.05) is 40.2 Å². The summed E-state index contributed by atoms with van der Waals surface area (Å²) in [4.78, 5) is 4.60. The van der Waals surface area contributed by atoms with E-state index >= 15 is 0 Å². The molecule has 2 heterocycles. The summed E-state index contributed by atoms with van der Waals surface area (Å²) in [7, 11) is 0. The van der Waals surface area contributed by atoms with Gasteiger partial charge in [0.15, 0.2) is 0 Å². The highest BCUT2D eigenvalue weighted by Gasteiger charge is 2.23. The highest BCUT2D eigenvalue weighted by atomic mass is 79.9. The van der Waals surface area contributed by atoms with Crippen molar-refractivity contribution in [2.75, 3.05) is 0 Å². The maximum absolute atomic E-state index is 10.6. The van der Waals surface area contributed by atoms with Gasteiger partial charge >= 0.3 is 0 Å². The smallest absolute Gasteiger partial charge is 0.143 e. The van der Waals surface area contributed by atoms with E-state index in [0.29, 0.717) is 0 Å². The van der Waals surface area contributed by atoms with Crippen LogP contribution in [0.2, 0.25) is 0 Å². The van der Waals surface area contributed by atoms with E-state index in [1.54, 1.807) is 20.0 Å². The summed E-state index contributed by atoms with van der Waals surface area (Å²) in [5, 5.41) is 12.9. The number of benzene rings is 2. The molecule has 0 aliphatic heterocycles. The Morgan fingerprint density at radius 2 is 1.71 bits per heavy atom. The number of pyridine rings is 1. The van der Waals surface area contributed by atoms with E-state index in [2.05, 4.69) is 49.7 Å². The van der Waals surface area contributed by atoms with E-state index < -0.39 is 5.60 Å². The Morgan fingerprint density at radius 3 is 2.50 bits per heavy atom. The van der Waals surface area contributed by atoms with E-state index in [1.165, 1.54) is 5.39 Å². The first-order chi connectivity index (χ1) is 11.5. The van der Waals surface area contributed by atoms with Gasteiger partial charge in [0.1, 0.15) is 5.82 Å². The zero-order chi connectivity index (χ0) is 16.9. The predicted octanol–water partition coefficient (Wildman–Crippen LogP) is 5.17. The summed E-state index contributed by atoms with van der Waals surface area (Å²) in [5.41, 5.74) is 1.98. The molecule has 0 unspecified atom stereocenters. The average molecular weight is 381 g/mol. The van der Waals surface area contributed by atoms with Crippen LogP contribution >= 0.6 is 15.9 Å². The zero-order valence-corrected chi connectivity index (χ0v) is 15.1. The summed E-state index contributed by atoms with van der Waals surface area (Å²) < 4.78 is 3.17. The third-order valence-electron chi connectivity index (χ3n) is 4.29. The second-order valence-corrected chi connectivity index (χ2v) is 7.36. The number of aliphatic hydroxyl groups is 1. The van der Waals surface area contributed by atoms with E-state index in [0.717, 1.165) is 32.3 Å². The molecule has 0 amide bonds. The van der Waals surface area contributed by atoms with Crippen molar-refractivity contribution >= 4 is 37.7 Å². The van der Waals surface area contributed by atoms with E-state index in [1.807, 2.05) is 30.3 Å².